The molecule has 0 saturated carbocycles. The fourth-order valence-corrected chi connectivity index (χ4v) is 4.97. The minimum absolute atomic E-state index is 0.0925. The van der Waals surface area contributed by atoms with Gasteiger partial charge in [-0.1, -0.05) is 41.4 Å². The molecule has 2 heterocycles. The monoisotopic (exact) mass is 378 g/mol. The summed E-state index contributed by atoms with van der Waals surface area (Å²) < 4.78 is 0. The van der Waals surface area contributed by atoms with Gasteiger partial charge in [-0.25, -0.2) is 0 Å². The highest BCUT2D eigenvalue weighted by atomic mass is 35.5. The van der Waals surface area contributed by atoms with Crippen LogP contribution in [0.4, 0.5) is 5.69 Å². The first-order valence-electron chi connectivity index (χ1n) is 7.35. The lowest BCUT2D eigenvalue weighted by atomic mass is 10.1. The molecule has 0 unspecified atom stereocenters. The Kier molecular flexibility index (Phi) is 3.95. The summed E-state index contributed by atoms with van der Waals surface area (Å²) in [5.41, 5.74) is 2.15. The molecule has 0 radical (unpaired) electrons. The molecule has 1 N–H and O–H groups in total. The number of fused-ring (bicyclic) bond motifs is 3. The highest BCUT2D eigenvalue weighted by Crippen LogP contribution is 2.48. The largest absolute Gasteiger partial charge is 0.323 e. The van der Waals surface area contributed by atoms with Crippen LogP contribution in [-0.2, 0) is 4.79 Å². The van der Waals surface area contributed by atoms with Crippen molar-refractivity contribution in [2.75, 3.05) is 11.1 Å². The van der Waals surface area contributed by atoms with Crippen LogP contribution in [0.15, 0.2) is 42.5 Å². The smallest absolute Gasteiger partial charge is 0.256 e. The topological polar surface area (TPSA) is 49.4 Å². The van der Waals surface area contributed by atoms with E-state index in [0.717, 1.165) is 5.56 Å². The third kappa shape index (κ3) is 2.48. The molecule has 4 rings (SSSR count). The van der Waals surface area contributed by atoms with Crippen LogP contribution in [0.1, 0.15) is 21.3 Å². The Labute approximate surface area is 153 Å². The summed E-state index contributed by atoms with van der Waals surface area (Å²) in [5, 5.41) is 3.58. The number of rotatable bonds is 2. The van der Waals surface area contributed by atoms with Gasteiger partial charge in [0.25, 0.3) is 5.91 Å². The first-order valence-corrected chi connectivity index (χ1v) is 9.16. The Morgan fingerprint density at radius 1 is 1.21 bits per heavy atom. The average molecular weight is 379 g/mol. The number of carbonyl (C=O) groups excluding carboxylic acids is 2. The van der Waals surface area contributed by atoms with Crippen molar-refractivity contribution in [1.29, 1.82) is 0 Å². The molecule has 1 saturated heterocycles. The van der Waals surface area contributed by atoms with E-state index in [1.807, 2.05) is 24.3 Å². The normalized spacial score (nSPS) is 21.6. The van der Waals surface area contributed by atoms with Gasteiger partial charge in [-0.05, 0) is 29.8 Å². The second-order valence-corrected chi connectivity index (χ2v) is 7.57. The summed E-state index contributed by atoms with van der Waals surface area (Å²) >= 11 is 13.6. The molecule has 0 spiro atoms. The first-order chi connectivity index (χ1) is 11.6. The first kappa shape index (κ1) is 15.8. The Morgan fingerprint density at radius 3 is 2.79 bits per heavy atom. The molecule has 0 aliphatic carbocycles. The molecule has 122 valence electrons. The predicted octanol–water partition coefficient (Wildman–Crippen LogP) is 4.20. The SMILES string of the molecule is O=C(Nc1ccc(Cl)cc1Cl)[C@@H]1CS[C@H]2c3ccccc3C(=O)N12. The van der Waals surface area contributed by atoms with E-state index in [1.54, 1.807) is 34.9 Å². The lowest BCUT2D eigenvalue weighted by molar-refractivity contribution is -0.119. The van der Waals surface area contributed by atoms with Crippen LogP contribution in [0.3, 0.4) is 0 Å². The lowest BCUT2D eigenvalue weighted by Gasteiger charge is -2.22. The lowest BCUT2D eigenvalue weighted by Crippen LogP contribution is -2.42. The van der Waals surface area contributed by atoms with Gasteiger partial charge in [0.1, 0.15) is 11.4 Å². The van der Waals surface area contributed by atoms with Crippen LogP contribution in [0.2, 0.25) is 10.0 Å². The van der Waals surface area contributed by atoms with Crippen LogP contribution in [0.5, 0.6) is 0 Å². The van der Waals surface area contributed by atoms with Crippen LogP contribution < -0.4 is 5.32 Å². The molecule has 1 fully saturated rings. The zero-order chi connectivity index (χ0) is 16.8. The third-order valence-corrected chi connectivity index (χ3v) is 6.04. The summed E-state index contributed by atoms with van der Waals surface area (Å²) in [5.74, 6) is 0.222. The van der Waals surface area contributed by atoms with E-state index in [0.29, 0.717) is 27.0 Å². The molecule has 2 aromatic carbocycles. The molecule has 7 heteroatoms. The number of hydrogen-bond acceptors (Lipinski definition) is 3. The van der Waals surface area contributed by atoms with Gasteiger partial charge in [0, 0.05) is 16.3 Å². The third-order valence-electron chi connectivity index (χ3n) is 4.18. The maximum absolute atomic E-state index is 12.7. The molecule has 2 atom stereocenters. The van der Waals surface area contributed by atoms with Gasteiger partial charge in [-0.2, -0.15) is 0 Å². The second-order valence-electron chi connectivity index (χ2n) is 5.61. The standard InChI is InChI=1S/C17H12Cl2N2O2S/c18-9-5-6-13(12(19)7-9)20-15(22)14-8-24-17-11-4-2-1-3-10(11)16(23)21(14)17/h1-7,14,17H,8H2,(H,20,22)/t14-,17-/m0/s1. The Bertz CT molecular complexity index is 858. The minimum Gasteiger partial charge on any atom is -0.323 e. The van der Waals surface area contributed by atoms with Crippen molar-refractivity contribution in [3.63, 3.8) is 0 Å². The summed E-state index contributed by atoms with van der Waals surface area (Å²) in [6.07, 6.45) is 0. The average Bonchev–Trinajstić information content (AvgIpc) is 3.11. The molecule has 2 aliphatic rings. The van der Waals surface area contributed by atoms with E-state index in [2.05, 4.69) is 5.32 Å². The molecule has 0 aromatic heterocycles. The number of thioether (sulfide) groups is 1. The van der Waals surface area contributed by atoms with Crippen molar-refractivity contribution >= 4 is 52.5 Å². The van der Waals surface area contributed by atoms with Crippen molar-refractivity contribution in [3.05, 3.63) is 63.6 Å². The Balaban J connectivity index is 1.58. The Morgan fingerprint density at radius 2 is 2.00 bits per heavy atom. The number of anilines is 1. The van der Waals surface area contributed by atoms with Gasteiger partial charge in [0.15, 0.2) is 0 Å². The highest BCUT2D eigenvalue weighted by molar-refractivity contribution is 7.99. The van der Waals surface area contributed by atoms with Crippen LogP contribution in [0, 0.1) is 0 Å². The van der Waals surface area contributed by atoms with Gasteiger partial charge in [0.05, 0.1) is 10.7 Å². The van der Waals surface area contributed by atoms with Gasteiger partial charge < -0.3 is 10.2 Å². The molecular formula is C17H12Cl2N2O2S. The number of benzene rings is 2. The van der Waals surface area contributed by atoms with Gasteiger partial charge >= 0.3 is 0 Å². The van der Waals surface area contributed by atoms with Crippen LogP contribution >= 0.6 is 35.0 Å². The highest BCUT2D eigenvalue weighted by Gasteiger charge is 2.48. The number of halogens is 2. The Hall–Kier alpha value is -1.69. The van der Waals surface area contributed by atoms with Gasteiger partial charge in [0.2, 0.25) is 5.91 Å². The molecule has 0 bridgehead atoms. The summed E-state index contributed by atoms with van der Waals surface area (Å²) in [6.45, 7) is 0. The van der Waals surface area contributed by atoms with Crippen LogP contribution in [0.25, 0.3) is 0 Å². The predicted molar refractivity (Wildman–Crippen MR) is 96.7 cm³/mol. The summed E-state index contributed by atoms with van der Waals surface area (Å²) in [6, 6.07) is 11.9. The van der Waals surface area contributed by atoms with E-state index in [-0.39, 0.29) is 17.2 Å². The van der Waals surface area contributed by atoms with Crippen molar-refractivity contribution in [1.82, 2.24) is 4.90 Å². The summed E-state index contributed by atoms with van der Waals surface area (Å²) in [7, 11) is 0. The number of carbonyl (C=O) groups is 2. The van der Waals surface area contributed by atoms with Crippen molar-refractivity contribution in [3.8, 4) is 0 Å². The fourth-order valence-electron chi connectivity index (χ4n) is 3.05. The zero-order valence-corrected chi connectivity index (χ0v) is 14.7. The van der Waals surface area contributed by atoms with Crippen molar-refractivity contribution in [2.45, 2.75) is 11.4 Å². The van der Waals surface area contributed by atoms with Crippen molar-refractivity contribution < 1.29 is 9.59 Å². The van der Waals surface area contributed by atoms with E-state index < -0.39 is 6.04 Å². The fraction of sp³-hybridized carbons (Fsp3) is 0.176. The molecule has 2 aromatic rings. The second kappa shape index (κ2) is 5.99. The molecule has 2 aliphatic heterocycles. The maximum Gasteiger partial charge on any atom is 0.256 e. The van der Waals surface area contributed by atoms with E-state index in [1.165, 1.54) is 0 Å². The van der Waals surface area contributed by atoms with E-state index in [9.17, 15) is 9.59 Å². The molecule has 4 nitrogen and oxygen atoms in total. The zero-order valence-electron chi connectivity index (χ0n) is 12.3. The minimum atomic E-state index is -0.522. The molecular weight excluding hydrogens is 367 g/mol. The van der Waals surface area contributed by atoms with Crippen molar-refractivity contribution in [2.24, 2.45) is 0 Å². The number of hydrogen-bond donors (Lipinski definition) is 1. The van der Waals surface area contributed by atoms with Gasteiger partial charge in [-0.3, -0.25) is 9.59 Å². The maximum atomic E-state index is 12.7. The van der Waals surface area contributed by atoms with E-state index in [4.69, 9.17) is 23.2 Å². The number of nitrogens with zero attached hydrogens (tertiary/aromatic N) is 1. The van der Waals surface area contributed by atoms with E-state index >= 15 is 0 Å². The molecule has 24 heavy (non-hydrogen) atoms. The quantitative estimate of drug-likeness (QED) is 0.851. The number of nitrogens with one attached hydrogen (secondary N) is 1. The number of amides is 2. The van der Waals surface area contributed by atoms with Gasteiger partial charge in [-0.15, -0.1) is 11.8 Å². The summed E-state index contributed by atoms with van der Waals surface area (Å²) in [4.78, 5) is 27.0. The molecule has 2 amide bonds. The van der Waals surface area contributed by atoms with Crippen LogP contribution in [-0.4, -0.2) is 28.5 Å².